The molecule has 6 heteroatoms. The van der Waals surface area contributed by atoms with Crippen LogP contribution < -0.4 is 15.4 Å². The maximum absolute atomic E-state index is 12.9. The van der Waals surface area contributed by atoms with Crippen molar-refractivity contribution in [1.82, 2.24) is 10.6 Å². The van der Waals surface area contributed by atoms with E-state index < -0.39 is 11.5 Å². The van der Waals surface area contributed by atoms with E-state index >= 15 is 0 Å². The molecule has 0 radical (unpaired) electrons. The zero-order chi connectivity index (χ0) is 23.5. The van der Waals surface area contributed by atoms with Gasteiger partial charge in [0.25, 0.3) is 0 Å². The largest absolute Gasteiger partial charge is 0.491 e. The monoisotopic (exact) mass is 446 g/mol. The third-order valence-corrected chi connectivity index (χ3v) is 5.37. The zero-order valence-electron chi connectivity index (χ0n) is 19.0. The Bertz CT molecular complexity index is 1010. The number of methoxy groups -OCH3 is 1. The number of hydrogen-bond acceptors (Lipinski definition) is 5. The minimum absolute atomic E-state index is 0.0170. The quantitative estimate of drug-likeness (QED) is 0.440. The first kappa shape index (κ1) is 24.0. The Morgan fingerprint density at radius 3 is 2.06 bits per heavy atom. The summed E-state index contributed by atoms with van der Waals surface area (Å²) in [6.45, 7) is 1.61. The highest BCUT2D eigenvalue weighted by molar-refractivity contribution is 5.83. The smallest absolute Gasteiger partial charge is 0.329 e. The van der Waals surface area contributed by atoms with Gasteiger partial charge in [-0.3, -0.25) is 10.1 Å². The molecule has 6 nitrogen and oxygen atoms in total. The molecule has 33 heavy (non-hydrogen) atoms. The molecule has 2 unspecified atom stereocenters. The number of benzene rings is 3. The molecule has 0 aliphatic rings. The summed E-state index contributed by atoms with van der Waals surface area (Å²) < 4.78 is 10.7. The van der Waals surface area contributed by atoms with Gasteiger partial charge in [0.15, 0.2) is 0 Å². The SMILES string of the molecule is COC(=O)C(C)(COc1ccccc1)NCC(=O)NC(Cc1ccccc1)c1ccccc1. The molecule has 1 amide bonds. The molecule has 0 heterocycles. The first-order valence-electron chi connectivity index (χ1n) is 10.9. The Hall–Kier alpha value is -3.64. The third-order valence-electron chi connectivity index (χ3n) is 5.37. The first-order valence-corrected chi connectivity index (χ1v) is 10.9. The molecule has 0 bridgehead atoms. The van der Waals surface area contributed by atoms with Gasteiger partial charge in [-0.25, -0.2) is 4.79 Å². The number of hydrogen-bond donors (Lipinski definition) is 2. The number of nitrogens with one attached hydrogen (secondary N) is 2. The number of carbonyl (C=O) groups excluding carboxylic acids is 2. The van der Waals surface area contributed by atoms with Gasteiger partial charge in [0, 0.05) is 0 Å². The summed E-state index contributed by atoms with van der Waals surface area (Å²) in [6.07, 6.45) is 0.655. The minimum Gasteiger partial charge on any atom is -0.491 e. The van der Waals surface area contributed by atoms with Crippen LogP contribution in [-0.2, 0) is 20.7 Å². The average Bonchev–Trinajstić information content (AvgIpc) is 2.87. The Morgan fingerprint density at radius 2 is 1.45 bits per heavy atom. The highest BCUT2D eigenvalue weighted by Gasteiger charge is 2.36. The molecular formula is C27H30N2O4. The lowest BCUT2D eigenvalue weighted by atomic mass is 9.98. The number of amides is 1. The van der Waals surface area contributed by atoms with Crippen molar-refractivity contribution in [3.8, 4) is 5.75 Å². The molecule has 3 rings (SSSR count). The van der Waals surface area contributed by atoms with Crippen LogP contribution >= 0.6 is 0 Å². The summed E-state index contributed by atoms with van der Waals surface area (Å²) in [5, 5.41) is 6.12. The number of para-hydroxylation sites is 1. The molecule has 0 saturated heterocycles. The van der Waals surface area contributed by atoms with Gasteiger partial charge in [-0.1, -0.05) is 78.9 Å². The van der Waals surface area contributed by atoms with Gasteiger partial charge in [-0.05, 0) is 36.6 Å². The molecule has 0 spiro atoms. The van der Waals surface area contributed by atoms with Crippen LogP contribution in [-0.4, -0.2) is 37.7 Å². The molecule has 172 valence electrons. The van der Waals surface area contributed by atoms with Crippen molar-refractivity contribution in [1.29, 1.82) is 0 Å². The van der Waals surface area contributed by atoms with Crippen LogP contribution in [0.4, 0.5) is 0 Å². The van der Waals surface area contributed by atoms with E-state index in [1.807, 2.05) is 78.9 Å². The molecule has 3 aromatic carbocycles. The topological polar surface area (TPSA) is 76.7 Å². The average molecular weight is 447 g/mol. The summed E-state index contributed by atoms with van der Waals surface area (Å²) in [5.41, 5.74) is 0.942. The van der Waals surface area contributed by atoms with Gasteiger partial charge in [0.2, 0.25) is 5.91 Å². The van der Waals surface area contributed by atoms with Crippen molar-refractivity contribution >= 4 is 11.9 Å². The molecule has 0 aliphatic carbocycles. The van der Waals surface area contributed by atoms with E-state index in [2.05, 4.69) is 10.6 Å². The van der Waals surface area contributed by atoms with Gasteiger partial charge < -0.3 is 14.8 Å². The van der Waals surface area contributed by atoms with Gasteiger partial charge in [0.05, 0.1) is 19.7 Å². The van der Waals surface area contributed by atoms with Crippen LogP contribution in [0.3, 0.4) is 0 Å². The second-order valence-corrected chi connectivity index (χ2v) is 8.00. The Kier molecular flexibility index (Phi) is 8.61. The third kappa shape index (κ3) is 7.19. The summed E-state index contributed by atoms with van der Waals surface area (Å²) in [7, 11) is 1.32. The fourth-order valence-corrected chi connectivity index (χ4v) is 3.46. The van der Waals surface area contributed by atoms with Crippen molar-refractivity contribution < 1.29 is 19.1 Å². The Balaban J connectivity index is 1.65. The first-order chi connectivity index (χ1) is 16.0. The van der Waals surface area contributed by atoms with Crippen LogP contribution in [0.15, 0.2) is 91.0 Å². The zero-order valence-corrected chi connectivity index (χ0v) is 19.0. The van der Waals surface area contributed by atoms with Crippen LogP contribution in [0.25, 0.3) is 0 Å². The van der Waals surface area contributed by atoms with E-state index in [9.17, 15) is 9.59 Å². The molecule has 0 aromatic heterocycles. The molecule has 2 atom stereocenters. The highest BCUT2D eigenvalue weighted by atomic mass is 16.5. The number of ether oxygens (including phenoxy) is 2. The van der Waals surface area contributed by atoms with Crippen molar-refractivity contribution in [2.45, 2.75) is 24.9 Å². The van der Waals surface area contributed by atoms with Crippen LogP contribution in [0.1, 0.15) is 24.1 Å². The molecular weight excluding hydrogens is 416 g/mol. The summed E-state index contributed by atoms with van der Waals surface area (Å²) in [5.74, 6) is -0.101. The van der Waals surface area contributed by atoms with E-state index in [4.69, 9.17) is 9.47 Å². The van der Waals surface area contributed by atoms with Crippen LogP contribution in [0, 0.1) is 0 Å². The Morgan fingerprint density at radius 1 is 0.879 bits per heavy atom. The number of rotatable bonds is 11. The van der Waals surface area contributed by atoms with Crippen molar-refractivity contribution in [2.75, 3.05) is 20.3 Å². The van der Waals surface area contributed by atoms with Crippen molar-refractivity contribution in [3.05, 3.63) is 102 Å². The predicted octanol–water partition coefficient (Wildman–Crippen LogP) is 3.69. The molecule has 0 fully saturated rings. The predicted molar refractivity (Wildman–Crippen MR) is 128 cm³/mol. The Labute approximate surface area is 194 Å². The van der Waals surface area contributed by atoms with Gasteiger partial charge in [0.1, 0.15) is 17.9 Å². The standard InChI is InChI=1S/C27H30N2O4/c1-27(26(31)32-2,20-33-23-16-10-5-11-17-23)28-19-25(30)29-24(22-14-8-4-9-15-22)18-21-12-6-3-7-13-21/h3-17,24,28H,18-20H2,1-2H3,(H,29,30). The van der Waals surface area contributed by atoms with Gasteiger partial charge >= 0.3 is 5.97 Å². The second kappa shape index (κ2) is 11.8. The summed E-state index contributed by atoms with van der Waals surface area (Å²) in [6, 6.07) is 28.8. The lowest BCUT2D eigenvalue weighted by Gasteiger charge is -2.28. The summed E-state index contributed by atoms with van der Waals surface area (Å²) >= 11 is 0. The maximum atomic E-state index is 12.9. The fraction of sp³-hybridized carbons (Fsp3) is 0.259. The summed E-state index contributed by atoms with van der Waals surface area (Å²) in [4.78, 5) is 25.3. The van der Waals surface area contributed by atoms with Crippen LogP contribution in [0.2, 0.25) is 0 Å². The van der Waals surface area contributed by atoms with E-state index in [-0.39, 0.29) is 25.1 Å². The number of esters is 1. The maximum Gasteiger partial charge on any atom is 0.329 e. The van der Waals surface area contributed by atoms with Crippen LogP contribution in [0.5, 0.6) is 5.75 Å². The molecule has 3 aromatic rings. The van der Waals surface area contributed by atoms with Gasteiger partial charge in [-0.2, -0.15) is 0 Å². The molecule has 2 N–H and O–H groups in total. The normalized spacial score (nSPS) is 13.4. The highest BCUT2D eigenvalue weighted by Crippen LogP contribution is 2.19. The van der Waals surface area contributed by atoms with Gasteiger partial charge in [-0.15, -0.1) is 0 Å². The van der Waals surface area contributed by atoms with Crippen molar-refractivity contribution in [2.24, 2.45) is 0 Å². The fourth-order valence-electron chi connectivity index (χ4n) is 3.46. The lowest BCUT2D eigenvalue weighted by molar-refractivity contribution is -0.149. The van der Waals surface area contributed by atoms with E-state index in [0.717, 1.165) is 11.1 Å². The molecule has 0 saturated carbocycles. The van der Waals surface area contributed by atoms with E-state index in [0.29, 0.717) is 12.2 Å². The minimum atomic E-state index is -1.19. The lowest BCUT2D eigenvalue weighted by Crippen LogP contribution is -2.57. The van der Waals surface area contributed by atoms with Crippen molar-refractivity contribution in [3.63, 3.8) is 0 Å². The van der Waals surface area contributed by atoms with E-state index in [1.54, 1.807) is 19.1 Å². The second-order valence-electron chi connectivity index (χ2n) is 8.00. The van der Waals surface area contributed by atoms with E-state index in [1.165, 1.54) is 7.11 Å². The number of carbonyl (C=O) groups is 2. The molecule has 0 aliphatic heterocycles.